The van der Waals surface area contributed by atoms with Crippen molar-refractivity contribution in [1.82, 2.24) is 4.90 Å². The summed E-state index contributed by atoms with van der Waals surface area (Å²) in [6, 6.07) is 12.1. The van der Waals surface area contributed by atoms with E-state index >= 15 is 0 Å². The molecule has 0 fully saturated rings. The molecule has 0 radical (unpaired) electrons. The Morgan fingerprint density at radius 2 is 1.79 bits per heavy atom. The van der Waals surface area contributed by atoms with Gasteiger partial charge in [0.15, 0.2) is 24.7 Å². The van der Waals surface area contributed by atoms with E-state index in [4.69, 9.17) is 18.9 Å². The first-order valence-electron chi connectivity index (χ1n) is 10.1. The van der Waals surface area contributed by atoms with Crippen LogP contribution in [0.25, 0.3) is 6.08 Å². The van der Waals surface area contributed by atoms with Crippen molar-refractivity contribution >= 4 is 29.5 Å². The minimum Gasteiger partial charge on any atom is -0.497 e. The van der Waals surface area contributed by atoms with Crippen LogP contribution in [0.5, 0.6) is 17.2 Å². The monoisotopic (exact) mass is 456 g/mol. The molecule has 0 aromatic heterocycles. The first-order valence-corrected chi connectivity index (χ1v) is 10.1. The predicted molar refractivity (Wildman–Crippen MR) is 123 cm³/mol. The van der Waals surface area contributed by atoms with Crippen LogP contribution < -0.4 is 19.5 Å². The number of rotatable bonds is 11. The molecule has 0 bridgehead atoms. The van der Waals surface area contributed by atoms with E-state index < -0.39 is 31.0 Å². The van der Waals surface area contributed by atoms with Gasteiger partial charge in [0.05, 0.1) is 20.8 Å². The highest BCUT2D eigenvalue weighted by atomic mass is 16.6. The molecule has 0 heterocycles. The lowest BCUT2D eigenvalue weighted by molar-refractivity contribution is -0.153. The van der Waals surface area contributed by atoms with Crippen molar-refractivity contribution in [3.05, 3.63) is 54.1 Å². The minimum absolute atomic E-state index is 0.208. The van der Waals surface area contributed by atoms with E-state index in [2.05, 4.69) is 5.32 Å². The number of amides is 2. The minimum atomic E-state index is -0.725. The summed E-state index contributed by atoms with van der Waals surface area (Å²) in [4.78, 5) is 37.5. The van der Waals surface area contributed by atoms with Gasteiger partial charge < -0.3 is 29.2 Å². The van der Waals surface area contributed by atoms with Gasteiger partial charge >= 0.3 is 5.97 Å². The van der Waals surface area contributed by atoms with E-state index in [1.54, 1.807) is 36.4 Å². The number of ether oxygens (including phenoxy) is 4. The molecule has 0 aliphatic heterocycles. The molecule has 0 aliphatic rings. The summed E-state index contributed by atoms with van der Waals surface area (Å²) in [7, 11) is 4.46. The molecule has 2 aromatic carbocycles. The second-order valence-electron chi connectivity index (χ2n) is 6.89. The SMILES string of the molecule is C/C=C/c1ccc(OCC(=O)OCC(=O)N(C)CC(=O)Nc2cccc(OC)c2)c(OC)c1. The van der Waals surface area contributed by atoms with Crippen LogP contribution in [0.2, 0.25) is 0 Å². The number of nitrogens with zero attached hydrogens (tertiary/aromatic N) is 1. The van der Waals surface area contributed by atoms with Crippen LogP contribution in [-0.2, 0) is 19.1 Å². The normalized spacial score (nSPS) is 10.4. The molecule has 9 heteroatoms. The highest BCUT2D eigenvalue weighted by Crippen LogP contribution is 2.28. The average molecular weight is 456 g/mol. The van der Waals surface area contributed by atoms with Gasteiger partial charge in [-0.3, -0.25) is 9.59 Å². The summed E-state index contributed by atoms with van der Waals surface area (Å²) >= 11 is 0. The van der Waals surface area contributed by atoms with Gasteiger partial charge in [-0.25, -0.2) is 4.79 Å². The topological polar surface area (TPSA) is 103 Å². The van der Waals surface area contributed by atoms with Gasteiger partial charge in [0, 0.05) is 18.8 Å². The zero-order valence-electron chi connectivity index (χ0n) is 19.1. The third-order valence-electron chi connectivity index (χ3n) is 4.41. The molecule has 9 nitrogen and oxygen atoms in total. The van der Waals surface area contributed by atoms with Gasteiger partial charge in [-0.05, 0) is 36.8 Å². The van der Waals surface area contributed by atoms with Crippen molar-refractivity contribution in [2.24, 2.45) is 0 Å². The van der Waals surface area contributed by atoms with E-state index in [1.165, 1.54) is 21.3 Å². The maximum Gasteiger partial charge on any atom is 0.344 e. The smallest absolute Gasteiger partial charge is 0.344 e. The highest BCUT2D eigenvalue weighted by Gasteiger charge is 2.16. The van der Waals surface area contributed by atoms with Gasteiger partial charge in [0.1, 0.15) is 5.75 Å². The molecule has 0 saturated heterocycles. The Morgan fingerprint density at radius 1 is 1.00 bits per heavy atom. The molecular weight excluding hydrogens is 428 g/mol. The van der Waals surface area contributed by atoms with Crippen LogP contribution in [0, 0.1) is 0 Å². The average Bonchev–Trinajstić information content (AvgIpc) is 2.81. The Labute approximate surface area is 192 Å². The number of anilines is 1. The summed E-state index contributed by atoms with van der Waals surface area (Å²) in [6.07, 6.45) is 3.79. The summed E-state index contributed by atoms with van der Waals surface area (Å²) in [5.41, 5.74) is 1.46. The zero-order valence-corrected chi connectivity index (χ0v) is 19.1. The van der Waals surface area contributed by atoms with Crippen molar-refractivity contribution in [3.63, 3.8) is 0 Å². The Hall–Kier alpha value is -4.01. The van der Waals surface area contributed by atoms with Crippen molar-refractivity contribution in [3.8, 4) is 17.2 Å². The molecule has 0 unspecified atom stereocenters. The first-order chi connectivity index (χ1) is 15.9. The fourth-order valence-corrected chi connectivity index (χ4v) is 2.74. The number of hydrogen-bond acceptors (Lipinski definition) is 7. The van der Waals surface area contributed by atoms with Crippen LogP contribution in [0.1, 0.15) is 12.5 Å². The maximum absolute atomic E-state index is 12.2. The lowest BCUT2D eigenvalue weighted by atomic mass is 10.2. The van der Waals surface area contributed by atoms with Gasteiger partial charge in [0.2, 0.25) is 5.91 Å². The van der Waals surface area contributed by atoms with Crippen molar-refractivity contribution in [2.75, 3.05) is 46.3 Å². The van der Waals surface area contributed by atoms with Crippen molar-refractivity contribution < 1.29 is 33.3 Å². The molecule has 2 aromatic rings. The Kier molecular flexibility index (Phi) is 9.76. The standard InChI is InChI=1S/C24H28N2O7/c1-5-7-17-10-11-20(21(12-17)31-4)32-16-24(29)33-15-23(28)26(2)14-22(27)25-18-8-6-9-19(13-18)30-3/h5-13H,14-16H2,1-4H3,(H,25,27)/b7-5+. The first kappa shape index (κ1) is 25.3. The fourth-order valence-electron chi connectivity index (χ4n) is 2.74. The van der Waals surface area contributed by atoms with Crippen LogP contribution in [0.4, 0.5) is 5.69 Å². The summed E-state index contributed by atoms with van der Waals surface area (Å²) in [5, 5.41) is 2.67. The molecular formula is C24H28N2O7. The third-order valence-corrected chi connectivity index (χ3v) is 4.41. The zero-order chi connectivity index (χ0) is 24.2. The van der Waals surface area contributed by atoms with Crippen LogP contribution >= 0.6 is 0 Å². The number of hydrogen-bond donors (Lipinski definition) is 1. The lowest BCUT2D eigenvalue weighted by Gasteiger charge is -2.17. The number of carbonyl (C=O) groups excluding carboxylic acids is 3. The number of esters is 1. The van der Waals surface area contributed by atoms with E-state index in [-0.39, 0.29) is 6.54 Å². The second-order valence-corrected chi connectivity index (χ2v) is 6.89. The number of methoxy groups -OCH3 is 2. The molecule has 0 saturated carbocycles. The van der Waals surface area contributed by atoms with E-state index in [1.807, 2.05) is 25.1 Å². The Balaban J connectivity index is 1.77. The number of benzene rings is 2. The van der Waals surface area contributed by atoms with Crippen LogP contribution in [-0.4, -0.2) is 63.7 Å². The number of likely N-dealkylation sites (N-methyl/N-ethyl adjacent to an activating group) is 1. The molecule has 0 aliphatic carbocycles. The molecule has 0 spiro atoms. The number of nitrogens with one attached hydrogen (secondary N) is 1. The molecule has 33 heavy (non-hydrogen) atoms. The van der Waals surface area contributed by atoms with E-state index in [0.717, 1.165) is 10.5 Å². The molecule has 0 atom stereocenters. The fraction of sp³-hybridized carbons (Fsp3) is 0.292. The second kappa shape index (κ2) is 12.7. The third kappa shape index (κ3) is 8.21. The van der Waals surface area contributed by atoms with E-state index in [9.17, 15) is 14.4 Å². The lowest BCUT2D eigenvalue weighted by Crippen LogP contribution is -2.37. The quantitative estimate of drug-likeness (QED) is 0.519. The molecule has 2 rings (SSSR count). The summed E-state index contributed by atoms with van der Waals surface area (Å²) in [5.74, 6) is -0.217. The maximum atomic E-state index is 12.2. The molecule has 1 N–H and O–H groups in total. The van der Waals surface area contributed by atoms with Gasteiger partial charge in [0.25, 0.3) is 5.91 Å². The van der Waals surface area contributed by atoms with E-state index in [0.29, 0.717) is 22.9 Å². The highest BCUT2D eigenvalue weighted by molar-refractivity contribution is 5.95. The van der Waals surface area contributed by atoms with Gasteiger partial charge in [-0.2, -0.15) is 0 Å². The number of allylic oxidation sites excluding steroid dienone is 1. The number of carbonyl (C=O) groups is 3. The summed E-state index contributed by atoms with van der Waals surface area (Å²) < 4.78 is 20.8. The van der Waals surface area contributed by atoms with Gasteiger partial charge in [-0.15, -0.1) is 0 Å². The summed E-state index contributed by atoms with van der Waals surface area (Å²) in [6.45, 7) is 0.785. The molecule has 176 valence electrons. The largest absolute Gasteiger partial charge is 0.497 e. The van der Waals surface area contributed by atoms with Gasteiger partial charge in [-0.1, -0.05) is 24.3 Å². The van der Waals surface area contributed by atoms with Crippen molar-refractivity contribution in [2.45, 2.75) is 6.92 Å². The van der Waals surface area contributed by atoms with Crippen LogP contribution in [0.3, 0.4) is 0 Å². The van der Waals surface area contributed by atoms with Crippen LogP contribution in [0.15, 0.2) is 48.5 Å². The Morgan fingerprint density at radius 3 is 2.48 bits per heavy atom. The predicted octanol–water partition coefficient (Wildman–Crippen LogP) is 2.76. The van der Waals surface area contributed by atoms with Crippen molar-refractivity contribution in [1.29, 1.82) is 0 Å². The Bertz CT molecular complexity index is 1000. The molecule has 2 amide bonds.